The van der Waals surface area contributed by atoms with Crippen LogP contribution >= 0.6 is 0 Å². The van der Waals surface area contributed by atoms with Crippen LogP contribution < -0.4 is 5.32 Å². The van der Waals surface area contributed by atoms with E-state index in [2.05, 4.69) is 15.5 Å². The van der Waals surface area contributed by atoms with Gasteiger partial charge in [0.2, 0.25) is 0 Å². The van der Waals surface area contributed by atoms with Crippen LogP contribution in [0.4, 0.5) is 4.39 Å². The highest BCUT2D eigenvalue weighted by molar-refractivity contribution is 5.92. The van der Waals surface area contributed by atoms with Crippen LogP contribution in [-0.4, -0.2) is 32.0 Å². The van der Waals surface area contributed by atoms with Crippen molar-refractivity contribution in [1.82, 2.24) is 24.9 Å². The average molecular weight is 341 g/mol. The number of carbonyl (C=O) groups is 1. The van der Waals surface area contributed by atoms with Gasteiger partial charge in [-0.1, -0.05) is 0 Å². The maximum absolute atomic E-state index is 13.0. The SMILES string of the molecule is Cc1nn(C)c(C)c1CCNC(=O)c1ccn(-c2ccc(F)cc2)n1. The van der Waals surface area contributed by atoms with Crippen molar-refractivity contribution in [3.8, 4) is 5.69 Å². The first-order valence-electron chi connectivity index (χ1n) is 8.04. The number of hydrogen-bond donors (Lipinski definition) is 1. The van der Waals surface area contributed by atoms with E-state index in [1.54, 1.807) is 29.1 Å². The number of carbonyl (C=O) groups excluding carboxylic acids is 1. The predicted octanol–water partition coefficient (Wildman–Crippen LogP) is 2.33. The molecule has 0 radical (unpaired) electrons. The molecule has 0 aliphatic rings. The Morgan fingerprint density at radius 3 is 2.52 bits per heavy atom. The fourth-order valence-electron chi connectivity index (χ4n) is 2.75. The Morgan fingerprint density at radius 1 is 1.16 bits per heavy atom. The van der Waals surface area contributed by atoms with Crippen molar-refractivity contribution in [3.63, 3.8) is 0 Å². The number of aryl methyl sites for hydroxylation is 2. The summed E-state index contributed by atoms with van der Waals surface area (Å²) in [5.41, 5.74) is 4.26. The first-order chi connectivity index (χ1) is 12.0. The third kappa shape index (κ3) is 3.60. The standard InChI is InChI=1S/C18H20FN5O/c1-12-16(13(2)23(3)21-12)8-10-20-18(25)17-9-11-24(22-17)15-6-4-14(19)5-7-15/h4-7,9,11H,8,10H2,1-3H3,(H,20,25). The molecule has 6 nitrogen and oxygen atoms in total. The van der Waals surface area contributed by atoms with E-state index in [-0.39, 0.29) is 11.7 Å². The van der Waals surface area contributed by atoms with Gasteiger partial charge < -0.3 is 5.32 Å². The Labute approximate surface area is 145 Å². The van der Waals surface area contributed by atoms with Crippen molar-refractivity contribution >= 4 is 5.91 Å². The summed E-state index contributed by atoms with van der Waals surface area (Å²) in [7, 11) is 1.91. The van der Waals surface area contributed by atoms with E-state index in [1.165, 1.54) is 12.1 Å². The minimum Gasteiger partial charge on any atom is -0.350 e. The Morgan fingerprint density at radius 2 is 1.88 bits per heavy atom. The van der Waals surface area contributed by atoms with Crippen molar-refractivity contribution in [2.45, 2.75) is 20.3 Å². The molecule has 0 aliphatic heterocycles. The largest absolute Gasteiger partial charge is 0.350 e. The zero-order chi connectivity index (χ0) is 18.0. The fourth-order valence-corrected chi connectivity index (χ4v) is 2.75. The number of nitrogens with one attached hydrogen (secondary N) is 1. The molecule has 1 amide bonds. The summed E-state index contributed by atoms with van der Waals surface area (Å²) in [4.78, 5) is 12.2. The van der Waals surface area contributed by atoms with Crippen LogP contribution in [0.25, 0.3) is 5.69 Å². The third-order valence-electron chi connectivity index (χ3n) is 4.23. The summed E-state index contributed by atoms with van der Waals surface area (Å²) < 4.78 is 16.4. The lowest BCUT2D eigenvalue weighted by Gasteiger charge is -2.04. The minimum absolute atomic E-state index is 0.236. The molecule has 2 heterocycles. The molecule has 3 aromatic rings. The lowest BCUT2D eigenvalue weighted by Crippen LogP contribution is -2.26. The molecule has 130 valence electrons. The topological polar surface area (TPSA) is 64.7 Å². The summed E-state index contributed by atoms with van der Waals surface area (Å²) in [5.74, 6) is -0.546. The maximum Gasteiger partial charge on any atom is 0.271 e. The van der Waals surface area contributed by atoms with Crippen LogP contribution in [0.5, 0.6) is 0 Å². The molecule has 1 N–H and O–H groups in total. The van der Waals surface area contributed by atoms with Crippen molar-refractivity contribution in [3.05, 3.63) is 65.0 Å². The molecule has 25 heavy (non-hydrogen) atoms. The lowest BCUT2D eigenvalue weighted by atomic mass is 10.1. The minimum atomic E-state index is -0.310. The van der Waals surface area contributed by atoms with Crippen LogP contribution in [0, 0.1) is 19.7 Å². The van der Waals surface area contributed by atoms with Crippen LogP contribution in [-0.2, 0) is 13.5 Å². The number of aromatic nitrogens is 4. The molecule has 2 aromatic heterocycles. The van der Waals surface area contributed by atoms with Gasteiger partial charge in [0, 0.05) is 25.5 Å². The van der Waals surface area contributed by atoms with Crippen LogP contribution in [0.1, 0.15) is 27.4 Å². The zero-order valence-electron chi connectivity index (χ0n) is 14.5. The molecule has 7 heteroatoms. The number of amides is 1. The fraction of sp³-hybridized carbons (Fsp3) is 0.278. The van der Waals surface area contributed by atoms with Gasteiger partial charge in [0.15, 0.2) is 5.69 Å². The zero-order valence-corrected chi connectivity index (χ0v) is 14.5. The monoisotopic (exact) mass is 341 g/mol. The third-order valence-corrected chi connectivity index (χ3v) is 4.23. The molecule has 0 aliphatic carbocycles. The van der Waals surface area contributed by atoms with Crippen LogP contribution in [0.2, 0.25) is 0 Å². The van der Waals surface area contributed by atoms with E-state index >= 15 is 0 Å². The van der Waals surface area contributed by atoms with Gasteiger partial charge in [-0.2, -0.15) is 10.2 Å². The van der Waals surface area contributed by atoms with Gasteiger partial charge >= 0.3 is 0 Å². The highest BCUT2D eigenvalue weighted by atomic mass is 19.1. The van der Waals surface area contributed by atoms with Crippen molar-refractivity contribution in [2.24, 2.45) is 7.05 Å². The van der Waals surface area contributed by atoms with Gasteiger partial charge in [0.1, 0.15) is 5.82 Å². The number of benzene rings is 1. The quantitative estimate of drug-likeness (QED) is 0.775. The number of hydrogen-bond acceptors (Lipinski definition) is 3. The Balaban J connectivity index is 1.61. The van der Waals surface area contributed by atoms with E-state index in [9.17, 15) is 9.18 Å². The number of halogens is 1. The first-order valence-corrected chi connectivity index (χ1v) is 8.04. The summed E-state index contributed by atoms with van der Waals surface area (Å²) in [5, 5.41) is 11.5. The maximum atomic E-state index is 13.0. The van der Waals surface area contributed by atoms with E-state index in [0.29, 0.717) is 17.9 Å². The van der Waals surface area contributed by atoms with Gasteiger partial charge in [0.25, 0.3) is 5.91 Å². The van der Waals surface area contributed by atoms with Gasteiger partial charge in [-0.25, -0.2) is 9.07 Å². The second-order valence-electron chi connectivity index (χ2n) is 5.90. The van der Waals surface area contributed by atoms with E-state index < -0.39 is 0 Å². The molecule has 0 saturated heterocycles. The molecule has 0 atom stereocenters. The first kappa shape index (κ1) is 16.9. The number of rotatable bonds is 5. The summed E-state index contributed by atoms with van der Waals surface area (Å²) in [6.45, 7) is 4.49. The van der Waals surface area contributed by atoms with Gasteiger partial charge in [0.05, 0.1) is 11.4 Å². The van der Waals surface area contributed by atoms with E-state index in [1.807, 2.05) is 25.6 Å². The molecule has 3 rings (SSSR count). The molecular weight excluding hydrogens is 321 g/mol. The second kappa shape index (κ2) is 6.88. The predicted molar refractivity (Wildman–Crippen MR) is 92.2 cm³/mol. The average Bonchev–Trinajstić information content (AvgIpc) is 3.16. The second-order valence-corrected chi connectivity index (χ2v) is 5.90. The highest BCUT2D eigenvalue weighted by Gasteiger charge is 2.12. The van der Waals surface area contributed by atoms with E-state index in [4.69, 9.17) is 0 Å². The molecule has 0 unspecified atom stereocenters. The normalized spacial score (nSPS) is 10.9. The summed E-state index contributed by atoms with van der Waals surface area (Å²) >= 11 is 0. The van der Waals surface area contributed by atoms with Crippen molar-refractivity contribution in [1.29, 1.82) is 0 Å². The summed E-state index contributed by atoms with van der Waals surface area (Å²) in [6.07, 6.45) is 2.40. The molecule has 0 bridgehead atoms. The Bertz CT molecular complexity index is 895. The van der Waals surface area contributed by atoms with Crippen LogP contribution in [0.3, 0.4) is 0 Å². The lowest BCUT2D eigenvalue weighted by molar-refractivity contribution is 0.0948. The Kier molecular flexibility index (Phi) is 4.65. The smallest absolute Gasteiger partial charge is 0.271 e. The van der Waals surface area contributed by atoms with Gasteiger partial charge in [-0.3, -0.25) is 9.48 Å². The van der Waals surface area contributed by atoms with Crippen LogP contribution in [0.15, 0.2) is 36.5 Å². The van der Waals surface area contributed by atoms with Gasteiger partial charge in [-0.05, 0) is 56.2 Å². The highest BCUT2D eigenvalue weighted by Crippen LogP contribution is 2.12. The van der Waals surface area contributed by atoms with Crippen molar-refractivity contribution < 1.29 is 9.18 Å². The molecule has 0 spiro atoms. The summed E-state index contributed by atoms with van der Waals surface area (Å²) in [6, 6.07) is 7.57. The van der Waals surface area contributed by atoms with E-state index in [0.717, 1.165) is 23.4 Å². The molecular formula is C18H20FN5O. The van der Waals surface area contributed by atoms with Crippen molar-refractivity contribution in [2.75, 3.05) is 6.54 Å². The molecule has 0 fully saturated rings. The molecule has 1 aromatic carbocycles. The Hall–Kier alpha value is -2.96. The number of nitrogens with zero attached hydrogens (tertiary/aromatic N) is 4. The molecule has 0 saturated carbocycles. The van der Waals surface area contributed by atoms with Gasteiger partial charge in [-0.15, -0.1) is 0 Å².